The summed E-state index contributed by atoms with van der Waals surface area (Å²) in [5.74, 6) is 1.27. The van der Waals surface area contributed by atoms with E-state index in [0.29, 0.717) is 12.2 Å². The topological polar surface area (TPSA) is 45.1 Å². The van der Waals surface area contributed by atoms with Gasteiger partial charge in [0.25, 0.3) is 0 Å². The number of rotatable bonds is 1. The van der Waals surface area contributed by atoms with Crippen LogP contribution in [0.2, 0.25) is 0 Å². The van der Waals surface area contributed by atoms with Crippen LogP contribution in [0, 0.1) is 0 Å². The monoisotopic (exact) mass is 410 g/mol. The highest BCUT2D eigenvalue weighted by Crippen LogP contribution is 2.50. The second kappa shape index (κ2) is 5.88. The van der Waals surface area contributed by atoms with E-state index in [-0.39, 0.29) is 6.04 Å². The van der Waals surface area contributed by atoms with Gasteiger partial charge in [-0.25, -0.2) is 5.01 Å². The Morgan fingerprint density at radius 3 is 2.85 bits per heavy atom. The lowest BCUT2D eigenvalue weighted by molar-refractivity contribution is -0.0944. The Balaban J connectivity index is 1.66. The number of benzene rings is 2. The zero-order chi connectivity index (χ0) is 17.7. The molecule has 2 unspecified atom stereocenters. The summed E-state index contributed by atoms with van der Waals surface area (Å²) in [7, 11) is 0. The third-order valence-electron chi connectivity index (χ3n) is 5.38. The molecule has 132 valence electrons. The van der Waals surface area contributed by atoms with E-state index < -0.39 is 5.72 Å². The molecule has 5 rings (SSSR count). The number of allylic oxidation sites excluding steroid dienone is 1. The highest BCUT2D eigenvalue weighted by molar-refractivity contribution is 9.10. The Kier molecular flexibility index (Phi) is 3.60. The number of aliphatic hydroxyl groups excluding tert-OH is 1. The summed E-state index contributed by atoms with van der Waals surface area (Å²) in [6.45, 7) is 0. The molecular weight excluding hydrogens is 392 g/mol. The molecule has 2 heterocycles. The number of hydrogen-bond acceptors (Lipinski definition) is 4. The maximum absolute atomic E-state index is 10.2. The fourth-order valence-corrected chi connectivity index (χ4v) is 4.58. The summed E-state index contributed by atoms with van der Waals surface area (Å²) in [6, 6.07) is 16.5. The predicted octanol–water partition coefficient (Wildman–Crippen LogP) is 5.31. The molecule has 0 amide bonds. The Hall–Kier alpha value is -2.27. The second-order valence-corrected chi connectivity index (χ2v) is 8.01. The maximum atomic E-state index is 10.2. The van der Waals surface area contributed by atoms with Gasteiger partial charge in [0.05, 0.1) is 17.5 Å². The van der Waals surface area contributed by atoms with Crippen LogP contribution in [0.4, 0.5) is 0 Å². The van der Waals surface area contributed by atoms with Gasteiger partial charge in [-0.2, -0.15) is 5.10 Å². The SMILES string of the molecule is OC1=CC2(CCC1)Oc1ccc(Br)cc1C1CC(c3ccccc3)=NN12. The summed E-state index contributed by atoms with van der Waals surface area (Å²) < 4.78 is 7.48. The molecular formula is C21H19BrN2O2. The first-order chi connectivity index (χ1) is 12.6. The Bertz CT molecular complexity index is 925. The summed E-state index contributed by atoms with van der Waals surface area (Å²) >= 11 is 3.58. The third kappa shape index (κ3) is 2.45. The maximum Gasteiger partial charge on any atom is 0.220 e. The molecule has 26 heavy (non-hydrogen) atoms. The number of fused-ring (bicyclic) bond motifs is 4. The van der Waals surface area contributed by atoms with Crippen molar-refractivity contribution in [2.24, 2.45) is 5.10 Å². The van der Waals surface area contributed by atoms with Crippen LogP contribution in [0.1, 0.15) is 42.9 Å². The minimum atomic E-state index is -0.704. The fraction of sp³-hybridized carbons (Fsp3) is 0.286. The average molecular weight is 411 g/mol. The van der Waals surface area contributed by atoms with E-state index in [1.165, 1.54) is 0 Å². The molecule has 4 nitrogen and oxygen atoms in total. The van der Waals surface area contributed by atoms with E-state index in [2.05, 4.69) is 39.1 Å². The van der Waals surface area contributed by atoms with Crippen LogP contribution in [0.5, 0.6) is 5.75 Å². The van der Waals surface area contributed by atoms with Crippen LogP contribution in [0.15, 0.2) is 69.9 Å². The Labute approximate surface area is 160 Å². The molecule has 0 saturated carbocycles. The molecule has 3 aliphatic rings. The Morgan fingerprint density at radius 1 is 1.19 bits per heavy atom. The number of aliphatic hydroxyl groups is 1. The highest BCUT2D eigenvalue weighted by Gasteiger charge is 2.50. The van der Waals surface area contributed by atoms with Crippen molar-refractivity contribution in [3.8, 4) is 5.75 Å². The standard InChI is InChI=1S/C21H19BrN2O2/c22-15-8-9-20-17(11-15)19-12-18(14-5-2-1-3-6-14)23-24(19)21(26-20)10-4-7-16(25)13-21/h1-3,5-6,8-9,11,13,19,25H,4,7,10,12H2. The molecule has 2 aromatic rings. The summed E-state index contributed by atoms with van der Waals surface area (Å²) in [4.78, 5) is 0. The number of halogens is 1. The van der Waals surface area contributed by atoms with E-state index in [0.717, 1.165) is 46.3 Å². The quantitative estimate of drug-likeness (QED) is 0.692. The van der Waals surface area contributed by atoms with Crippen LogP contribution in [-0.2, 0) is 0 Å². The molecule has 0 bridgehead atoms. The van der Waals surface area contributed by atoms with E-state index in [9.17, 15) is 5.11 Å². The zero-order valence-electron chi connectivity index (χ0n) is 14.2. The van der Waals surface area contributed by atoms with Crippen LogP contribution < -0.4 is 4.74 Å². The molecule has 5 heteroatoms. The molecule has 2 atom stereocenters. The van der Waals surface area contributed by atoms with Gasteiger partial charge in [0, 0.05) is 35.4 Å². The summed E-state index contributed by atoms with van der Waals surface area (Å²) in [5.41, 5.74) is 2.63. The molecule has 1 N–H and O–H groups in total. The van der Waals surface area contributed by atoms with Crippen molar-refractivity contribution in [3.05, 3.63) is 76.0 Å². The molecule has 1 spiro atoms. The number of nitrogens with zero attached hydrogens (tertiary/aromatic N) is 2. The van der Waals surface area contributed by atoms with Crippen molar-refractivity contribution in [3.63, 3.8) is 0 Å². The third-order valence-corrected chi connectivity index (χ3v) is 5.88. The van der Waals surface area contributed by atoms with Crippen molar-refractivity contribution < 1.29 is 9.84 Å². The number of hydrazone groups is 1. The number of hydrogen-bond donors (Lipinski definition) is 1. The van der Waals surface area contributed by atoms with E-state index in [1.54, 1.807) is 0 Å². The molecule has 2 aliphatic heterocycles. The smallest absolute Gasteiger partial charge is 0.220 e. The van der Waals surface area contributed by atoms with E-state index >= 15 is 0 Å². The first-order valence-corrected chi connectivity index (χ1v) is 9.75. The van der Waals surface area contributed by atoms with Crippen molar-refractivity contribution in [1.29, 1.82) is 0 Å². The first kappa shape index (κ1) is 15.9. The van der Waals surface area contributed by atoms with Crippen molar-refractivity contribution in [2.75, 3.05) is 0 Å². The second-order valence-electron chi connectivity index (χ2n) is 7.10. The van der Waals surface area contributed by atoms with Crippen molar-refractivity contribution in [1.82, 2.24) is 5.01 Å². The first-order valence-electron chi connectivity index (χ1n) is 8.96. The molecule has 2 aromatic carbocycles. The summed E-state index contributed by atoms with van der Waals surface area (Å²) in [6.07, 6.45) is 5.08. The lowest BCUT2D eigenvalue weighted by Gasteiger charge is -2.47. The van der Waals surface area contributed by atoms with Gasteiger partial charge in [0.15, 0.2) is 0 Å². The molecule has 0 aromatic heterocycles. The lowest BCUT2D eigenvalue weighted by Crippen LogP contribution is -2.53. The van der Waals surface area contributed by atoms with Gasteiger partial charge < -0.3 is 9.84 Å². The zero-order valence-corrected chi connectivity index (χ0v) is 15.8. The van der Waals surface area contributed by atoms with Crippen LogP contribution in [0.25, 0.3) is 0 Å². The largest absolute Gasteiger partial charge is 0.512 e. The molecule has 0 saturated heterocycles. The number of ether oxygens (including phenoxy) is 1. The fourth-order valence-electron chi connectivity index (χ4n) is 4.20. The predicted molar refractivity (Wildman–Crippen MR) is 104 cm³/mol. The van der Waals surface area contributed by atoms with Gasteiger partial charge in [-0.3, -0.25) is 0 Å². The van der Waals surface area contributed by atoms with Gasteiger partial charge in [-0.15, -0.1) is 0 Å². The van der Waals surface area contributed by atoms with E-state index in [4.69, 9.17) is 9.84 Å². The van der Waals surface area contributed by atoms with Crippen LogP contribution in [-0.4, -0.2) is 21.6 Å². The van der Waals surface area contributed by atoms with Crippen molar-refractivity contribution in [2.45, 2.75) is 37.5 Å². The average Bonchev–Trinajstić information content (AvgIpc) is 3.10. The lowest BCUT2D eigenvalue weighted by atomic mass is 9.90. The molecule has 1 aliphatic carbocycles. The minimum absolute atomic E-state index is 0.105. The molecule has 0 radical (unpaired) electrons. The van der Waals surface area contributed by atoms with Gasteiger partial charge in [-0.1, -0.05) is 46.3 Å². The van der Waals surface area contributed by atoms with E-state index in [1.807, 2.05) is 36.4 Å². The van der Waals surface area contributed by atoms with Crippen molar-refractivity contribution >= 4 is 21.6 Å². The van der Waals surface area contributed by atoms with Crippen LogP contribution >= 0.6 is 15.9 Å². The van der Waals surface area contributed by atoms with Gasteiger partial charge >= 0.3 is 0 Å². The summed E-state index contributed by atoms with van der Waals surface area (Å²) in [5, 5.41) is 17.3. The Morgan fingerprint density at radius 2 is 2.04 bits per heavy atom. The normalized spacial score (nSPS) is 26.7. The van der Waals surface area contributed by atoms with Gasteiger partial charge in [0.2, 0.25) is 5.72 Å². The highest BCUT2D eigenvalue weighted by atomic mass is 79.9. The molecule has 0 fully saturated rings. The van der Waals surface area contributed by atoms with Crippen LogP contribution in [0.3, 0.4) is 0 Å². The van der Waals surface area contributed by atoms with Gasteiger partial charge in [0.1, 0.15) is 5.75 Å². The van der Waals surface area contributed by atoms with Gasteiger partial charge in [-0.05, 0) is 30.2 Å². The minimum Gasteiger partial charge on any atom is -0.512 e.